The number of carbonyl (C=O) groups is 1. The first kappa shape index (κ1) is 25.9. The number of hydrogen-bond acceptors (Lipinski definition) is 5. The molecule has 0 N–H and O–H groups in total. The molecule has 192 valence electrons. The summed E-state index contributed by atoms with van der Waals surface area (Å²) in [6.45, 7) is 1.06. The molecule has 0 unspecified atom stereocenters. The number of likely N-dealkylation sites (tertiary alicyclic amines) is 1. The summed E-state index contributed by atoms with van der Waals surface area (Å²) in [5, 5.41) is 0.660. The van der Waals surface area contributed by atoms with Gasteiger partial charge in [-0.1, -0.05) is 12.1 Å². The van der Waals surface area contributed by atoms with Gasteiger partial charge in [-0.2, -0.15) is 31.3 Å². The molecule has 0 spiro atoms. The van der Waals surface area contributed by atoms with Gasteiger partial charge < -0.3 is 14.4 Å². The molecule has 2 heterocycles. The second kappa shape index (κ2) is 10.1. The van der Waals surface area contributed by atoms with Gasteiger partial charge in [-0.05, 0) is 60.5 Å². The van der Waals surface area contributed by atoms with Crippen molar-refractivity contribution in [3.05, 3.63) is 63.6 Å². The van der Waals surface area contributed by atoms with Crippen LogP contribution < -0.4 is 9.47 Å². The number of rotatable bonds is 5. The van der Waals surface area contributed by atoms with Crippen LogP contribution in [0.2, 0.25) is 0 Å². The van der Waals surface area contributed by atoms with Crippen molar-refractivity contribution >= 4 is 28.9 Å². The molecule has 1 saturated heterocycles. The lowest BCUT2D eigenvalue weighted by atomic mass is 10.0. The fraction of sp³-hybridized carbons (Fsp3) is 0.333. The number of thioether (sulfide) groups is 1. The molecule has 2 aromatic carbocycles. The lowest BCUT2D eigenvalue weighted by molar-refractivity contribution is -0.143. The average molecular weight is 530 g/mol. The topological polar surface area (TPSA) is 51.1 Å². The molecule has 1 fully saturated rings. The highest BCUT2D eigenvalue weighted by Crippen LogP contribution is 2.39. The van der Waals surface area contributed by atoms with E-state index in [4.69, 9.17) is 9.47 Å². The number of nitrogens with zero attached hydrogens (tertiary/aromatic N) is 2. The number of amidine groups is 1. The zero-order chi connectivity index (χ0) is 26.1. The third-order valence-corrected chi connectivity index (χ3v) is 6.64. The van der Waals surface area contributed by atoms with Crippen molar-refractivity contribution in [1.82, 2.24) is 4.90 Å². The SMILES string of the molecule is COc1cc(/C=C2/SC(N3CCCC3)=NC2=O)ccc1OCc1ccc(C(F)(F)F)cc1C(F)(F)F. The number of carbonyl (C=O) groups excluding carboxylic acids is 1. The van der Waals surface area contributed by atoms with Gasteiger partial charge in [-0.3, -0.25) is 4.79 Å². The fourth-order valence-electron chi connectivity index (χ4n) is 3.78. The number of halogens is 6. The Morgan fingerprint density at radius 2 is 1.72 bits per heavy atom. The van der Waals surface area contributed by atoms with E-state index in [2.05, 4.69) is 9.89 Å². The molecule has 4 rings (SSSR count). The van der Waals surface area contributed by atoms with Crippen LogP contribution in [0.1, 0.15) is 35.1 Å². The molecule has 5 nitrogen and oxygen atoms in total. The minimum Gasteiger partial charge on any atom is -0.493 e. The van der Waals surface area contributed by atoms with Crippen LogP contribution in [0.25, 0.3) is 6.08 Å². The van der Waals surface area contributed by atoms with Gasteiger partial charge in [0.25, 0.3) is 5.91 Å². The Hall–Kier alpha value is -3.15. The zero-order valence-corrected chi connectivity index (χ0v) is 19.7. The maximum Gasteiger partial charge on any atom is 0.416 e. The predicted molar refractivity (Wildman–Crippen MR) is 123 cm³/mol. The van der Waals surface area contributed by atoms with E-state index in [1.807, 2.05) is 0 Å². The van der Waals surface area contributed by atoms with Crippen molar-refractivity contribution in [3.63, 3.8) is 0 Å². The molecule has 0 saturated carbocycles. The van der Waals surface area contributed by atoms with E-state index in [0.29, 0.717) is 21.7 Å². The Morgan fingerprint density at radius 3 is 2.36 bits per heavy atom. The first-order chi connectivity index (χ1) is 17.0. The fourth-order valence-corrected chi connectivity index (χ4v) is 4.75. The lowest BCUT2D eigenvalue weighted by Crippen LogP contribution is -2.23. The van der Waals surface area contributed by atoms with E-state index in [0.717, 1.165) is 32.0 Å². The Morgan fingerprint density at radius 1 is 1.00 bits per heavy atom. The first-order valence-corrected chi connectivity index (χ1v) is 11.6. The van der Waals surface area contributed by atoms with Crippen molar-refractivity contribution in [2.45, 2.75) is 31.8 Å². The minimum absolute atomic E-state index is 0.0694. The molecule has 0 aliphatic carbocycles. The average Bonchev–Trinajstić information content (AvgIpc) is 3.47. The van der Waals surface area contributed by atoms with Gasteiger partial charge in [0.2, 0.25) is 0 Å². The van der Waals surface area contributed by atoms with Crippen molar-refractivity contribution in [3.8, 4) is 11.5 Å². The molecule has 36 heavy (non-hydrogen) atoms. The first-order valence-electron chi connectivity index (χ1n) is 10.8. The summed E-state index contributed by atoms with van der Waals surface area (Å²) >= 11 is 1.27. The molecule has 0 atom stereocenters. The van der Waals surface area contributed by atoms with Crippen molar-refractivity contribution in [2.75, 3.05) is 20.2 Å². The van der Waals surface area contributed by atoms with Crippen molar-refractivity contribution in [1.29, 1.82) is 0 Å². The predicted octanol–water partition coefficient (Wildman–Crippen LogP) is 6.38. The Labute approximate surface area is 206 Å². The number of aliphatic imine (C=N–C) groups is 1. The number of methoxy groups -OCH3 is 1. The second-order valence-corrected chi connectivity index (χ2v) is 9.08. The highest BCUT2D eigenvalue weighted by Gasteiger charge is 2.38. The Kier molecular flexibility index (Phi) is 7.26. The van der Waals surface area contributed by atoms with Crippen molar-refractivity contribution in [2.24, 2.45) is 4.99 Å². The van der Waals surface area contributed by atoms with E-state index >= 15 is 0 Å². The van der Waals surface area contributed by atoms with Crippen LogP contribution in [0, 0.1) is 0 Å². The molecule has 12 heteroatoms. The molecular weight excluding hydrogens is 510 g/mol. The number of benzene rings is 2. The molecular formula is C24H20F6N2O3S. The molecule has 2 aliphatic rings. The van der Waals surface area contributed by atoms with E-state index in [9.17, 15) is 31.1 Å². The third-order valence-electron chi connectivity index (χ3n) is 5.60. The summed E-state index contributed by atoms with van der Waals surface area (Å²) < 4.78 is 89.6. The highest BCUT2D eigenvalue weighted by atomic mass is 32.2. The number of amides is 1. The van der Waals surface area contributed by atoms with Crippen LogP contribution in [0.4, 0.5) is 26.3 Å². The summed E-state index contributed by atoms with van der Waals surface area (Å²) in [6.07, 6.45) is -6.19. The van der Waals surface area contributed by atoms with Gasteiger partial charge in [0, 0.05) is 18.7 Å². The van der Waals surface area contributed by atoms with Crippen molar-refractivity contribution < 1.29 is 40.6 Å². The smallest absolute Gasteiger partial charge is 0.416 e. The summed E-state index contributed by atoms with van der Waals surface area (Å²) in [5.74, 6) is -0.0868. The number of hydrogen-bond donors (Lipinski definition) is 0. The summed E-state index contributed by atoms with van der Waals surface area (Å²) in [6, 6.07) is 5.98. The molecule has 0 radical (unpaired) electrons. The van der Waals surface area contributed by atoms with Gasteiger partial charge in [0.1, 0.15) is 6.61 Å². The van der Waals surface area contributed by atoms with Crippen LogP contribution in [-0.2, 0) is 23.8 Å². The third kappa shape index (κ3) is 5.80. The standard InChI is InChI=1S/C24H20F6N2O3S/c1-34-19-10-14(11-20-21(33)31-22(36-20)32-8-2-3-9-32)4-7-18(19)35-13-15-5-6-16(23(25,26)27)12-17(15)24(28,29)30/h4-7,10-12H,2-3,8-9,13H2,1H3/b20-11+. The van der Waals surface area contributed by atoms with Crippen LogP contribution in [0.15, 0.2) is 46.3 Å². The van der Waals surface area contributed by atoms with Gasteiger partial charge >= 0.3 is 12.4 Å². The molecule has 2 aliphatic heterocycles. The maximum absolute atomic E-state index is 13.4. The highest BCUT2D eigenvalue weighted by molar-refractivity contribution is 8.18. The molecule has 1 amide bonds. The van der Waals surface area contributed by atoms with Gasteiger partial charge in [0.05, 0.1) is 23.1 Å². The van der Waals surface area contributed by atoms with E-state index in [-0.39, 0.29) is 23.5 Å². The zero-order valence-electron chi connectivity index (χ0n) is 18.9. The number of alkyl halides is 6. The van der Waals surface area contributed by atoms with E-state index in [1.165, 1.54) is 24.9 Å². The molecule has 0 aromatic heterocycles. The molecule has 2 aromatic rings. The normalized spacial score (nSPS) is 17.6. The van der Waals surface area contributed by atoms with Gasteiger partial charge in [-0.25, -0.2) is 0 Å². The number of ether oxygens (including phenoxy) is 2. The van der Waals surface area contributed by atoms with Crippen LogP contribution in [-0.4, -0.2) is 36.2 Å². The monoisotopic (exact) mass is 530 g/mol. The summed E-state index contributed by atoms with van der Waals surface area (Å²) in [7, 11) is 1.34. The van der Waals surface area contributed by atoms with Gasteiger partial charge in [0.15, 0.2) is 16.7 Å². The lowest BCUT2D eigenvalue weighted by Gasteiger charge is -2.17. The minimum atomic E-state index is -5.00. The maximum atomic E-state index is 13.4. The summed E-state index contributed by atoms with van der Waals surface area (Å²) in [4.78, 5) is 18.9. The Balaban J connectivity index is 1.51. The van der Waals surface area contributed by atoms with E-state index in [1.54, 1.807) is 18.2 Å². The quantitative estimate of drug-likeness (QED) is 0.332. The van der Waals surface area contributed by atoms with Gasteiger partial charge in [-0.15, -0.1) is 0 Å². The largest absolute Gasteiger partial charge is 0.493 e. The van der Waals surface area contributed by atoms with Crippen LogP contribution in [0.5, 0.6) is 11.5 Å². The molecule has 0 bridgehead atoms. The summed E-state index contributed by atoms with van der Waals surface area (Å²) in [5.41, 5.74) is -2.70. The Bertz CT molecular complexity index is 1220. The van der Waals surface area contributed by atoms with E-state index < -0.39 is 35.6 Å². The van der Waals surface area contributed by atoms with Crippen LogP contribution >= 0.6 is 11.8 Å². The second-order valence-electron chi connectivity index (χ2n) is 8.07. The van der Waals surface area contributed by atoms with Crippen LogP contribution in [0.3, 0.4) is 0 Å².